The SMILES string of the molecule is CCc1cc2ncc(CN3CCN(c4cnc5c(NC)ncc(F)c5c4)CC3)cc2[nH]c1=O. The molecule has 4 aromatic heterocycles. The minimum absolute atomic E-state index is 0.0457. The van der Waals surface area contributed by atoms with Gasteiger partial charge in [-0.3, -0.25) is 19.7 Å². The highest BCUT2D eigenvalue weighted by Crippen LogP contribution is 2.26. The molecule has 8 nitrogen and oxygen atoms in total. The third-order valence-electron chi connectivity index (χ3n) is 6.25. The van der Waals surface area contributed by atoms with Crippen LogP contribution in [0.25, 0.3) is 21.9 Å². The molecule has 1 aliphatic heterocycles. The second-order valence-corrected chi connectivity index (χ2v) is 8.31. The number of fused-ring (bicyclic) bond motifs is 2. The number of anilines is 2. The smallest absolute Gasteiger partial charge is 0.251 e. The molecule has 170 valence electrons. The standard InChI is InChI=1S/C24H26FN7O/c1-3-16-9-20-21(30-24(16)33)8-15(11-27-20)14-31-4-6-32(7-5-31)17-10-18-19(25)13-29-23(26-2)22(18)28-12-17/h8-13H,3-7,14H2,1-2H3,(H,26,29)(H,30,33). The minimum atomic E-state index is -0.370. The molecule has 0 atom stereocenters. The predicted octanol–water partition coefficient (Wildman–Crippen LogP) is 2.93. The highest BCUT2D eigenvalue weighted by atomic mass is 19.1. The molecule has 1 fully saturated rings. The summed E-state index contributed by atoms with van der Waals surface area (Å²) < 4.78 is 14.3. The fraction of sp³-hybridized carbons (Fsp3) is 0.333. The molecule has 0 amide bonds. The number of aromatic nitrogens is 4. The fourth-order valence-electron chi connectivity index (χ4n) is 4.37. The van der Waals surface area contributed by atoms with Gasteiger partial charge in [0.25, 0.3) is 5.56 Å². The van der Waals surface area contributed by atoms with Crippen LogP contribution in [-0.2, 0) is 13.0 Å². The van der Waals surface area contributed by atoms with Crippen LogP contribution in [0, 0.1) is 5.82 Å². The number of hydrogen-bond acceptors (Lipinski definition) is 7. The van der Waals surface area contributed by atoms with Crippen LogP contribution in [0.1, 0.15) is 18.1 Å². The first kappa shape index (κ1) is 21.3. The summed E-state index contributed by atoms with van der Waals surface area (Å²) in [5.74, 6) is 0.198. The Morgan fingerprint density at radius 2 is 1.88 bits per heavy atom. The second kappa shape index (κ2) is 8.74. The zero-order valence-corrected chi connectivity index (χ0v) is 18.7. The number of nitrogens with one attached hydrogen (secondary N) is 2. The first-order chi connectivity index (χ1) is 16.1. The first-order valence-corrected chi connectivity index (χ1v) is 11.2. The molecule has 0 unspecified atom stereocenters. The molecule has 0 bridgehead atoms. The Morgan fingerprint density at radius 1 is 1.06 bits per heavy atom. The normalized spacial score (nSPS) is 14.8. The lowest BCUT2D eigenvalue weighted by Gasteiger charge is -2.36. The van der Waals surface area contributed by atoms with Crippen LogP contribution in [0.3, 0.4) is 0 Å². The van der Waals surface area contributed by atoms with Gasteiger partial charge in [-0.25, -0.2) is 9.37 Å². The van der Waals surface area contributed by atoms with Crippen LogP contribution in [0.15, 0.2) is 41.6 Å². The molecular weight excluding hydrogens is 421 g/mol. The molecule has 4 aromatic rings. The van der Waals surface area contributed by atoms with Gasteiger partial charge in [-0.1, -0.05) is 6.92 Å². The highest BCUT2D eigenvalue weighted by Gasteiger charge is 2.19. The Morgan fingerprint density at radius 3 is 2.64 bits per heavy atom. The van der Waals surface area contributed by atoms with Gasteiger partial charge in [0.15, 0.2) is 11.6 Å². The molecule has 1 aliphatic rings. The van der Waals surface area contributed by atoms with Crippen molar-refractivity contribution in [1.82, 2.24) is 24.8 Å². The zero-order valence-electron chi connectivity index (χ0n) is 18.7. The summed E-state index contributed by atoms with van der Waals surface area (Å²) in [7, 11) is 1.75. The van der Waals surface area contributed by atoms with Crippen molar-refractivity contribution in [3.05, 3.63) is 64.1 Å². The number of halogens is 1. The van der Waals surface area contributed by atoms with Crippen LogP contribution in [-0.4, -0.2) is 58.1 Å². The molecule has 9 heteroatoms. The van der Waals surface area contributed by atoms with Gasteiger partial charge in [0.1, 0.15) is 5.52 Å². The van der Waals surface area contributed by atoms with E-state index in [-0.39, 0.29) is 11.4 Å². The van der Waals surface area contributed by atoms with E-state index >= 15 is 0 Å². The summed E-state index contributed by atoms with van der Waals surface area (Å²) in [6, 6.07) is 5.73. The second-order valence-electron chi connectivity index (χ2n) is 8.31. The van der Waals surface area contributed by atoms with E-state index in [1.807, 2.05) is 31.3 Å². The molecular formula is C24H26FN7O. The maximum Gasteiger partial charge on any atom is 0.251 e. The largest absolute Gasteiger partial charge is 0.371 e. The third-order valence-corrected chi connectivity index (χ3v) is 6.25. The number of piperazine rings is 1. The van der Waals surface area contributed by atoms with Crippen LogP contribution in [0.4, 0.5) is 15.9 Å². The van der Waals surface area contributed by atoms with Crippen LogP contribution in [0.5, 0.6) is 0 Å². The average Bonchev–Trinajstić information content (AvgIpc) is 2.84. The Balaban J connectivity index is 1.28. The van der Waals surface area contributed by atoms with Gasteiger partial charge in [0, 0.05) is 56.9 Å². The summed E-state index contributed by atoms with van der Waals surface area (Å²) in [6.45, 7) is 6.08. The number of H-pyrrole nitrogens is 1. The summed E-state index contributed by atoms with van der Waals surface area (Å²) in [5.41, 5.74) is 4.80. The summed E-state index contributed by atoms with van der Waals surface area (Å²) in [5, 5.41) is 3.43. The van der Waals surface area contributed by atoms with E-state index in [0.717, 1.165) is 60.6 Å². The molecule has 5 rings (SSSR count). The van der Waals surface area contributed by atoms with Crippen molar-refractivity contribution in [2.24, 2.45) is 0 Å². The Hall–Kier alpha value is -3.59. The summed E-state index contributed by atoms with van der Waals surface area (Å²) in [6.07, 6.45) is 5.58. The number of aromatic amines is 1. The number of rotatable bonds is 5. The zero-order chi connectivity index (χ0) is 22.9. The Labute approximate surface area is 190 Å². The van der Waals surface area contributed by atoms with Gasteiger partial charge in [0.2, 0.25) is 0 Å². The fourth-order valence-corrected chi connectivity index (χ4v) is 4.37. The molecule has 0 radical (unpaired) electrons. The number of aryl methyl sites for hydroxylation is 1. The lowest BCUT2D eigenvalue weighted by molar-refractivity contribution is 0.249. The number of nitrogens with zero attached hydrogens (tertiary/aromatic N) is 5. The summed E-state index contributed by atoms with van der Waals surface area (Å²) >= 11 is 0. The van der Waals surface area contributed by atoms with E-state index in [1.165, 1.54) is 6.20 Å². The van der Waals surface area contributed by atoms with Gasteiger partial charge in [-0.05, 0) is 30.2 Å². The molecule has 0 saturated carbocycles. The highest BCUT2D eigenvalue weighted by molar-refractivity contribution is 5.90. The molecule has 1 saturated heterocycles. The van der Waals surface area contributed by atoms with Gasteiger partial charge >= 0.3 is 0 Å². The van der Waals surface area contributed by atoms with Crippen molar-refractivity contribution in [2.45, 2.75) is 19.9 Å². The first-order valence-electron chi connectivity index (χ1n) is 11.2. The van der Waals surface area contributed by atoms with Gasteiger partial charge in [-0.2, -0.15) is 0 Å². The monoisotopic (exact) mass is 447 g/mol. The maximum absolute atomic E-state index is 14.3. The molecule has 0 spiro atoms. The van der Waals surface area contributed by atoms with Crippen molar-refractivity contribution in [3.63, 3.8) is 0 Å². The molecule has 0 aliphatic carbocycles. The molecule has 2 N–H and O–H groups in total. The predicted molar refractivity (Wildman–Crippen MR) is 128 cm³/mol. The minimum Gasteiger partial charge on any atom is -0.371 e. The van der Waals surface area contributed by atoms with E-state index in [2.05, 4.69) is 35.1 Å². The summed E-state index contributed by atoms with van der Waals surface area (Å²) in [4.78, 5) is 32.7. The quantitative estimate of drug-likeness (QED) is 0.486. The lowest BCUT2D eigenvalue weighted by atomic mass is 10.1. The molecule has 0 aromatic carbocycles. The van der Waals surface area contributed by atoms with Crippen LogP contribution in [0.2, 0.25) is 0 Å². The van der Waals surface area contributed by atoms with Crippen LogP contribution >= 0.6 is 0 Å². The van der Waals surface area contributed by atoms with Crippen LogP contribution < -0.4 is 15.8 Å². The topological polar surface area (TPSA) is 90.0 Å². The van der Waals surface area contributed by atoms with E-state index in [1.54, 1.807) is 13.2 Å². The van der Waals surface area contributed by atoms with Gasteiger partial charge < -0.3 is 15.2 Å². The Bertz CT molecular complexity index is 1380. The molecule has 5 heterocycles. The number of pyridine rings is 4. The van der Waals surface area contributed by atoms with Crippen molar-refractivity contribution < 1.29 is 4.39 Å². The van der Waals surface area contributed by atoms with Gasteiger partial charge in [0.05, 0.1) is 29.1 Å². The van der Waals surface area contributed by atoms with E-state index < -0.39 is 0 Å². The average molecular weight is 448 g/mol. The third kappa shape index (κ3) is 4.11. The van der Waals surface area contributed by atoms with Crippen molar-refractivity contribution in [1.29, 1.82) is 0 Å². The van der Waals surface area contributed by atoms with E-state index in [4.69, 9.17) is 0 Å². The van der Waals surface area contributed by atoms with Crippen molar-refractivity contribution in [3.8, 4) is 0 Å². The van der Waals surface area contributed by atoms with Gasteiger partial charge in [-0.15, -0.1) is 0 Å². The number of hydrogen-bond donors (Lipinski definition) is 2. The van der Waals surface area contributed by atoms with Crippen molar-refractivity contribution in [2.75, 3.05) is 43.4 Å². The van der Waals surface area contributed by atoms with E-state index in [0.29, 0.717) is 23.1 Å². The molecule has 33 heavy (non-hydrogen) atoms. The maximum atomic E-state index is 14.3. The van der Waals surface area contributed by atoms with E-state index in [9.17, 15) is 9.18 Å². The lowest BCUT2D eigenvalue weighted by Crippen LogP contribution is -2.46. The van der Waals surface area contributed by atoms with Crippen molar-refractivity contribution >= 4 is 33.4 Å². The Kier molecular flexibility index (Phi) is 5.63.